The monoisotopic (exact) mass is 366 g/mol. The van der Waals surface area contributed by atoms with Gasteiger partial charge in [-0.3, -0.25) is 0 Å². The first-order valence-electron chi connectivity index (χ1n) is 7.96. The second-order valence-electron chi connectivity index (χ2n) is 5.68. The Labute approximate surface area is 157 Å². The lowest BCUT2D eigenvalue weighted by molar-refractivity contribution is 1.14. The molecule has 0 spiro atoms. The number of nitrogens with zero attached hydrogens (tertiary/aromatic N) is 1. The smallest absolute Gasteiger partial charge is 0.101 e. The van der Waals surface area contributed by atoms with Crippen molar-refractivity contribution in [2.24, 2.45) is 0 Å². The Balaban J connectivity index is 1.91. The maximum atomic E-state index is 9.51. The number of benzene rings is 3. The first kappa shape index (κ1) is 17.4. The van der Waals surface area contributed by atoms with E-state index < -0.39 is 0 Å². The largest absolute Gasteiger partial charge is 0.354 e. The SMILES string of the molecule is CCc1ccc(Nc2ccc(-c3ccc(Cl)c(Cl)c3)cc2C#N)cc1. The molecule has 3 aromatic carbocycles. The second kappa shape index (κ2) is 7.61. The number of nitrogens with one attached hydrogen (secondary N) is 1. The Morgan fingerprint density at radius 2 is 1.56 bits per heavy atom. The molecule has 0 amide bonds. The minimum Gasteiger partial charge on any atom is -0.354 e. The van der Waals surface area contributed by atoms with Gasteiger partial charge in [-0.15, -0.1) is 0 Å². The summed E-state index contributed by atoms with van der Waals surface area (Å²) in [7, 11) is 0. The zero-order valence-corrected chi connectivity index (χ0v) is 15.2. The van der Waals surface area contributed by atoms with Crippen LogP contribution >= 0.6 is 23.2 Å². The molecule has 2 nitrogen and oxygen atoms in total. The molecule has 0 bridgehead atoms. The van der Waals surface area contributed by atoms with Crippen LogP contribution in [0.2, 0.25) is 10.0 Å². The zero-order valence-electron chi connectivity index (χ0n) is 13.7. The van der Waals surface area contributed by atoms with E-state index in [0.717, 1.165) is 28.9 Å². The molecule has 0 heterocycles. The van der Waals surface area contributed by atoms with Crippen molar-refractivity contribution in [3.63, 3.8) is 0 Å². The van der Waals surface area contributed by atoms with Crippen LogP contribution in [0.25, 0.3) is 11.1 Å². The van der Waals surface area contributed by atoms with Crippen molar-refractivity contribution in [3.05, 3.63) is 81.8 Å². The van der Waals surface area contributed by atoms with Gasteiger partial charge in [-0.1, -0.05) is 54.4 Å². The van der Waals surface area contributed by atoms with Crippen molar-refractivity contribution in [3.8, 4) is 17.2 Å². The summed E-state index contributed by atoms with van der Waals surface area (Å²) in [6.45, 7) is 2.12. The summed E-state index contributed by atoms with van der Waals surface area (Å²) in [5.74, 6) is 0. The Morgan fingerprint density at radius 3 is 2.20 bits per heavy atom. The molecule has 0 atom stereocenters. The summed E-state index contributed by atoms with van der Waals surface area (Å²) in [6, 6.07) is 21.6. The van der Waals surface area contributed by atoms with Crippen molar-refractivity contribution in [1.82, 2.24) is 0 Å². The van der Waals surface area contributed by atoms with Crippen LogP contribution in [0, 0.1) is 11.3 Å². The van der Waals surface area contributed by atoms with Gasteiger partial charge in [0.15, 0.2) is 0 Å². The van der Waals surface area contributed by atoms with Gasteiger partial charge in [0, 0.05) is 5.69 Å². The third-order valence-electron chi connectivity index (χ3n) is 4.03. The molecule has 0 aromatic heterocycles. The van der Waals surface area contributed by atoms with E-state index in [4.69, 9.17) is 23.2 Å². The van der Waals surface area contributed by atoms with Crippen molar-refractivity contribution in [2.75, 3.05) is 5.32 Å². The van der Waals surface area contributed by atoms with Crippen LogP contribution in [0.4, 0.5) is 11.4 Å². The molecule has 124 valence electrons. The molecule has 0 unspecified atom stereocenters. The summed E-state index contributed by atoms with van der Waals surface area (Å²) in [5.41, 5.74) is 5.42. The first-order chi connectivity index (χ1) is 12.1. The van der Waals surface area contributed by atoms with Crippen LogP contribution in [-0.2, 0) is 6.42 Å². The average molecular weight is 367 g/mol. The Bertz CT molecular complexity index is 941. The maximum Gasteiger partial charge on any atom is 0.101 e. The Kier molecular flexibility index (Phi) is 5.28. The van der Waals surface area contributed by atoms with E-state index in [-0.39, 0.29) is 0 Å². The van der Waals surface area contributed by atoms with Crippen LogP contribution in [0.3, 0.4) is 0 Å². The lowest BCUT2D eigenvalue weighted by Crippen LogP contribution is -1.94. The van der Waals surface area contributed by atoms with E-state index in [1.165, 1.54) is 5.56 Å². The molecule has 0 saturated heterocycles. The highest BCUT2D eigenvalue weighted by Gasteiger charge is 2.07. The zero-order chi connectivity index (χ0) is 17.8. The Morgan fingerprint density at radius 1 is 0.880 bits per heavy atom. The van der Waals surface area contributed by atoms with Crippen LogP contribution in [0.1, 0.15) is 18.1 Å². The van der Waals surface area contributed by atoms with Gasteiger partial charge >= 0.3 is 0 Å². The quantitative estimate of drug-likeness (QED) is 0.548. The molecule has 0 fully saturated rings. The minimum atomic E-state index is 0.496. The van der Waals surface area contributed by atoms with Gasteiger partial charge < -0.3 is 5.32 Å². The lowest BCUT2D eigenvalue weighted by Gasteiger charge is -2.11. The maximum absolute atomic E-state index is 9.51. The summed E-state index contributed by atoms with van der Waals surface area (Å²) < 4.78 is 0. The first-order valence-corrected chi connectivity index (χ1v) is 8.72. The standard InChI is InChI=1S/C21H16Cl2N2/c1-2-14-3-7-18(8-4-14)25-21-10-6-15(11-17(21)13-24)16-5-9-19(22)20(23)12-16/h3-12,25H,2H2,1H3. The van der Waals surface area contributed by atoms with E-state index in [2.05, 4.69) is 30.4 Å². The van der Waals surface area contributed by atoms with Crippen molar-refractivity contribution >= 4 is 34.6 Å². The van der Waals surface area contributed by atoms with E-state index >= 15 is 0 Å². The normalized spacial score (nSPS) is 10.3. The molecule has 0 aliphatic heterocycles. The molecule has 0 aliphatic rings. The molecule has 3 aromatic rings. The Hall–Kier alpha value is -2.47. The van der Waals surface area contributed by atoms with Gasteiger partial charge in [0.2, 0.25) is 0 Å². The summed E-state index contributed by atoms with van der Waals surface area (Å²) in [5, 5.41) is 13.8. The van der Waals surface area contributed by atoms with Crippen LogP contribution < -0.4 is 5.32 Å². The molecular formula is C21H16Cl2N2. The number of anilines is 2. The molecule has 0 radical (unpaired) electrons. The van der Waals surface area contributed by atoms with E-state index in [9.17, 15) is 5.26 Å². The van der Waals surface area contributed by atoms with Crippen LogP contribution in [0.5, 0.6) is 0 Å². The van der Waals surface area contributed by atoms with Crippen molar-refractivity contribution in [1.29, 1.82) is 5.26 Å². The fourth-order valence-electron chi connectivity index (χ4n) is 2.58. The number of halogens is 2. The predicted octanol–water partition coefficient (Wildman–Crippen LogP) is 6.84. The van der Waals surface area contributed by atoms with Crippen molar-refractivity contribution in [2.45, 2.75) is 13.3 Å². The van der Waals surface area contributed by atoms with Gasteiger partial charge in [0.05, 0.1) is 21.3 Å². The van der Waals surface area contributed by atoms with Gasteiger partial charge in [-0.05, 0) is 59.5 Å². The average Bonchev–Trinajstić information content (AvgIpc) is 2.65. The minimum absolute atomic E-state index is 0.496. The van der Waals surface area contributed by atoms with Gasteiger partial charge in [0.1, 0.15) is 6.07 Å². The molecule has 3 rings (SSSR count). The summed E-state index contributed by atoms with van der Waals surface area (Å²) in [6.07, 6.45) is 1.00. The summed E-state index contributed by atoms with van der Waals surface area (Å²) in [4.78, 5) is 0. The number of hydrogen-bond donors (Lipinski definition) is 1. The predicted molar refractivity (Wildman–Crippen MR) is 106 cm³/mol. The molecule has 4 heteroatoms. The van der Waals surface area contributed by atoms with Gasteiger partial charge in [-0.2, -0.15) is 5.26 Å². The number of aryl methyl sites for hydroxylation is 1. The fourth-order valence-corrected chi connectivity index (χ4v) is 2.88. The van der Waals surface area contributed by atoms with Gasteiger partial charge in [0.25, 0.3) is 0 Å². The van der Waals surface area contributed by atoms with E-state index in [1.807, 2.05) is 36.4 Å². The fraction of sp³-hybridized carbons (Fsp3) is 0.0952. The highest BCUT2D eigenvalue weighted by molar-refractivity contribution is 6.42. The number of hydrogen-bond acceptors (Lipinski definition) is 2. The van der Waals surface area contributed by atoms with E-state index in [0.29, 0.717) is 15.6 Å². The van der Waals surface area contributed by atoms with Crippen molar-refractivity contribution < 1.29 is 0 Å². The third-order valence-corrected chi connectivity index (χ3v) is 4.77. The van der Waals surface area contributed by atoms with E-state index in [1.54, 1.807) is 12.1 Å². The lowest BCUT2D eigenvalue weighted by atomic mass is 10.0. The molecule has 0 saturated carbocycles. The second-order valence-corrected chi connectivity index (χ2v) is 6.49. The van der Waals surface area contributed by atoms with Gasteiger partial charge in [-0.25, -0.2) is 0 Å². The number of nitriles is 1. The molecular weight excluding hydrogens is 351 g/mol. The third kappa shape index (κ3) is 3.96. The van der Waals surface area contributed by atoms with Crippen LogP contribution in [-0.4, -0.2) is 0 Å². The molecule has 25 heavy (non-hydrogen) atoms. The topological polar surface area (TPSA) is 35.8 Å². The highest BCUT2D eigenvalue weighted by atomic mass is 35.5. The summed E-state index contributed by atoms with van der Waals surface area (Å²) >= 11 is 12.1. The molecule has 1 N–H and O–H groups in total. The van der Waals surface area contributed by atoms with Crippen LogP contribution in [0.15, 0.2) is 60.7 Å². The molecule has 0 aliphatic carbocycles. The number of rotatable bonds is 4. The highest BCUT2D eigenvalue weighted by Crippen LogP contribution is 2.31.